The summed E-state index contributed by atoms with van der Waals surface area (Å²) in [5.74, 6) is -0.0127. The maximum Gasteiger partial charge on any atom is 0.271 e. The summed E-state index contributed by atoms with van der Waals surface area (Å²) in [7, 11) is 0. The number of rotatable bonds is 6. The number of amides is 2. The zero-order valence-electron chi connectivity index (χ0n) is 22.6. The van der Waals surface area contributed by atoms with Crippen molar-refractivity contribution < 1.29 is 14.3 Å². The first-order chi connectivity index (χ1) is 18.9. The zero-order chi connectivity index (χ0) is 27.5. The molecule has 0 atom stereocenters. The predicted octanol–water partition coefficient (Wildman–Crippen LogP) is 6.17. The minimum absolute atomic E-state index is 0.0281. The first kappa shape index (κ1) is 26.2. The van der Waals surface area contributed by atoms with Crippen molar-refractivity contribution in [3.8, 4) is 28.8 Å². The van der Waals surface area contributed by atoms with Crippen LogP contribution in [0.3, 0.4) is 0 Å². The summed E-state index contributed by atoms with van der Waals surface area (Å²) < 4.78 is 7.52. The molecule has 2 aliphatic rings. The average molecular weight is 521 g/mol. The zero-order valence-corrected chi connectivity index (χ0v) is 22.6. The summed E-state index contributed by atoms with van der Waals surface area (Å²) in [6, 6.07) is 17.6. The Morgan fingerprint density at radius 3 is 2.46 bits per heavy atom. The van der Waals surface area contributed by atoms with Gasteiger partial charge in [-0.25, -0.2) is 4.68 Å². The standard InChI is InChI=1S/C32H32N4O3/c1-4-39-29-16-15-23(17-21(29)2)30-24(20-35(34-30)25-11-7-5-8-12-25)18-27-22(3)28(19-33)32(38)36(31(27)37)26-13-9-6-10-14-26/h5,7-8,11-12,15-18,20,26H,4,6,9-10,13-14H2,1-3H3/b27-18+. The van der Waals surface area contributed by atoms with Crippen LogP contribution in [0.4, 0.5) is 0 Å². The summed E-state index contributed by atoms with van der Waals surface area (Å²) in [5, 5.41) is 14.8. The van der Waals surface area contributed by atoms with Crippen LogP contribution >= 0.6 is 0 Å². The predicted molar refractivity (Wildman–Crippen MR) is 150 cm³/mol. The van der Waals surface area contributed by atoms with E-state index in [4.69, 9.17) is 9.84 Å². The van der Waals surface area contributed by atoms with Gasteiger partial charge in [-0.2, -0.15) is 10.4 Å². The van der Waals surface area contributed by atoms with E-state index in [1.54, 1.807) is 17.7 Å². The normalized spacial score (nSPS) is 17.6. The largest absolute Gasteiger partial charge is 0.494 e. The highest BCUT2D eigenvalue weighted by Gasteiger charge is 2.40. The Hall–Kier alpha value is -4.44. The number of nitrogens with zero attached hydrogens (tertiary/aromatic N) is 4. The van der Waals surface area contributed by atoms with E-state index >= 15 is 0 Å². The van der Waals surface area contributed by atoms with Gasteiger partial charge in [0, 0.05) is 28.9 Å². The number of carbonyl (C=O) groups excluding carboxylic acids is 2. The molecule has 0 spiro atoms. The molecule has 0 radical (unpaired) electrons. The molecule has 1 aliphatic carbocycles. The summed E-state index contributed by atoms with van der Waals surface area (Å²) in [6.45, 7) is 6.20. The van der Waals surface area contributed by atoms with Gasteiger partial charge in [-0.3, -0.25) is 14.5 Å². The van der Waals surface area contributed by atoms with Crippen molar-refractivity contribution in [2.45, 2.75) is 58.9 Å². The minimum Gasteiger partial charge on any atom is -0.494 e. The van der Waals surface area contributed by atoms with Crippen LogP contribution in [0, 0.1) is 18.3 Å². The molecule has 2 aromatic carbocycles. The SMILES string of the molecule is CCOc1ccc(-c2nn(-c3ccccc3)cc2/C=C2/C(=O)N(C3CCCCC3)C(=O)C(C#N)=C2C)cc1C. The Labute approximate surface area is 229 Å². The van der Waals surface area contributed by atoms with Gasteiger partial charge in [-0.1, -0.05) is 37.5 Å². The van der Waals surface area contributed by atoms with Gasteiger partial charge in [0.2, 0.25) is 0 Å². The Bertz CT molecular complexity index is 1520. The lowest BCUT2D eigenvalue weighted by Gasteiger charge is -2.36. The highest BCUT2D eigenvalue weighted by molar-refractivity contribution is 6.20. The number of imide groups is 1. The van der Waals surface area contributed by atoms with E-state index in [0.29, 0.717) is 23.4 Å². The van der Waals surface area contributed by atoms with Gasteiger partial charge >= 0.3 is 0 Å². The number of benzene rings is 2. The van der Waals surface area contributed by atoms with Gasteiger partial charge in [-0.05, 0) is 81.2 Å². The lowest BCUT2D eigenvalue weighted by atomic mass is 9.88. The van der Waals surface area contributed by atoms with Gasteiger partial charge in [0.25, 0.3) is 11.8 Å². The van der Waals surface area contributed by atoms with Crippen LogP contribution in [0.2, 0.25) is 0 Å². The molecule has 0 unspecified atom stereocenters. The molecule has 5 rings (SSSR count). The second-order valence-corrected chi connectivity index (χ2v) is 10.1. The Morgan fingerprint density at radius 2 is 1.79 bits per heavy atom. The number of carbonyl (C=O) groups is 2. The van der Waals surface area contributed by atoms with E-state index in [-0.39, 0.29) is 17.5 Å². The van der Waals surface area contributed by atoms with E-state index in [0.717, 1.165) is 60.2 Å². The molecule has 1 aromatic heterocycles. The van der Waals surface area contributed by atoms with Gasteiger partial charge < -0.3 is 4.74 Å². The van der Waals surface area contributed by atoms with Gasteiger partial charge in [0.1, 0.15) is 17.4 Å². The number of ether oxygens (including phenoxy) is 1. The topological polar surface area (TPSA) is 88.2 Å². The highest BCUT2D eigenvalue weighted by atomic mass is 16.5. The van der Waals surface area contributed by atoms with Crippen molar-refractivity contribution in [1.82, 2.24) is 14.7 Å². The van der Waals surface area contributed by atoms with Crippen LogP contribution in [-0.2, 0) is 9.59 Å². The summed E-state index contributed by atoms with van der Waals surface area (Å²) in [6.07, 6.45) is 8.24. The van der Waals surface area contributed by atoms with Crippen LogP contribution in [0.15, 0.2) is 71.4 Å². The number of nitriles is 1. The van der Waals surface area contributed by atoms with E-state index in [1.807, 2.05) is 68.6 Å². The smallest absolute Gasteiger partial charge is 0.271 e. The van der Waals surface area contributed by atoms with Gasteiger partial charge in [0.15, 0.2) is 0 Å². The molecular weight excluding hydrogens is 488 g/mol. The minimum atomic E-state index is -0.480. The van der Waals surface area contributed by atoms with Crippen molar-refractivity contribution in [3.63, 3.8) is 0 Å². The number of hydrogen-bond acceptors (Lipinski definition) is 5. The second-order valence-electron chi connectivity index (χ2n) is 10.1. The number of aromatic nitrogens is 2. The second kappa shape index (κ2) is 11.1. The van der Waals surface area contributed by atoms with E-state index in [1.165, 1.54) is 4.90 Å². The van der Waals surface area contributed by atoms with E-state index < -0.39 is 5.91 Å². The van der Waals surface area contributed by atoms with Crippen molar-refractivity contribution in [1.29, 1.82) is 5.26 Å². The number of aryl methyl sites for hydroxylation is 1. The molecule has 0 saturated heterocycles. The van der Waals surface area contributed by atoms with Crippen LogP contribution < -0.4 is 4.74 Å². The molecule has 7 heteroatoms. The van der Waals surface area contributed by atoms with Crippen molar-refractivity contribution in [3.05, 3.63) is 82.6 Å². The molecule has 2 amide bonds. The van der Waals surface area contributed by atoms with Crippen molar-refractivity contribution in [2.75, 3.05) is 6.61 Å². The van der Waals surface area contributed by atoms with Crippen LogP contribution in [0.5, 0.6) is 5.75 Å². The summed E-state index contributed by atoms with van der Waals surface area (Å²) >= 11 is 0. The lowest BCUT2D eigenvalue weighted by molar-refractivity contribution is -0.143. The average Bonchev–Trinajstić information content (AvgIpc) is 3.38. The molecule has 1 saturated carbocycles. The fraction of sp³-hybridized carbons (Fsp3) is 0.312. The van der Waals surface area contributed by atoms with E-state index in [2.05, 4.69) is 6.07 Å². The number of para-hydroxylation sites is 1. The molecule has 198 valence electrons. The Kier molecular flexibility index (Phi) is 7.47. The molecule has 0 N–H and O–H groups in total. The third-order valence-electron chi connectivity index (χ3n) is 7.52. The first-order valence-corrected chi connectivity index (χ1v) is 13.5. The molecule has 2 heterocycles. The van der Waals surface area contributed by atoms with Crippen LogP contribution in [0.25, 0.3) is 23.0 Å². The lowest BCUT2D eigenvalue weighted by Crippen LogP contribution is -2.49. The molecular formula is C32H32N4O3. The Balaban J connectivity index is 1.66. The van der Waals surface area contributed by atoms with Crippen LogP contribution in [-0.4, -0.2) is 39.1 Å². The summed E-state index contributed by atoms with van der Waals surface area (Å²) in [5.41, 5.74) is 4.94. The summed E-state index contributed by atoms with van der Waals surface area (Å²) in [4.78, 5) is 28.4. The Morgan fingerprint density at radius 1 is 1.05 bits per heavy atom. The van der Waals surface area contributed by atoms with Crippen molar-refractivity contribution >= 4 is 17.9 Å². The van der Waals surface area contributed by atoms with Gasteiger partial charge in [0.05, 0.1) is 18.0 Å². The molecule has 0 bridgehead atoms. The maximum absolute atomic E-state index is 13.9. The molecule has 1 fully saturated rings. The number of hydrogen-bond donors (Lipinski definition) is 0. The quantitative estimate of drug-likeness (QED) is 0.286. The van der Waals surface area contributed by atoms with Crippen molar-refractivity contribution in [2.24, 2.45) is 0 Å². The van der Waals surface area contributed by atoms with E-state index in [9.17, 15) is 14.9 Å². The van der Waals surface area contributed by atoms with Crippen LogP contribution in [0.1, 0.15) is 57.1 Å². The fourth-order valence-corrected chi connectivity index (χ4v) is 5.47. The first-order valence-electron chi connectivity index (χ1n) is 13.5. The fourth-order valence-electron chi connectivity index (χ4n) is 5.47. The molecule has 1 aliphatic heterocycles. The third-order valence-corrected chi connectivity index (χ3v) is 7.52. The van der Waals surface area contributed by atoms with Gasteiger partial charge in [-0.15, -0.1) is 0 Å². The molecule has 7 nitrogen and oxygen atoms in total. The third kappa shape index (κ3) is 5.03. The molecule has 3 aromatic rings. The monoisotopic (exact) mass is 520 g/mol. The highest BCUT2D eigenvalue weighted by Crippen LogP contribution is 2.35. The molecule has 39 heavy (non-hydrogen) atoms. The maximum atomic E-state index is 13.9.